The van der Waals surface area contributed by atoms with Gasteiger partial charge in [0.15, 0.2) is 0 Å². The maximum Gasteiger partial charge on any atom is 0.329 e. The van der Waals surface area contributed by atoms with Crippen LogP contribution in [-0.4, -0.2) is 41.8 Å². The summed E-state index contributed by atoms with van der Waals surface area (Å²) in [7, 11) is 0. The number of carboxylic acids is 1. The lowest BCUT2D eigenvalue weighted by Crippen LogP contribution is -2.61. The predicted octanol–water partition coefficient (Wildman–Crippen LogP) is -1.04. The Hall–Kier alpha value is -1.99. The summed E-state index contributed by atoms with van der Waals surface area (Å²) in [6.45, 7) is 0.382. The molecule has 1 saturated carbocycles. The van der Waals surface area contributed by atoms with Gasteiger partial charge in [-0.05, 0) is 19.3 Å². The van der Waals surface area contributed by atoms with Crippen LogP contribution in [0.5, 0.6) is 0 Å². The van der Waals surface area contributed by atoms with E-state index in [1.165, 1.54) is 0 Å². The van der Waals surface area contributed by atoms with Crippen molar-refractivity contribution < 1.29 is 19.5 Å². The number of nitrogens with one attached hydrogen (secondary N) is 3. The minimum absolute atomic E-state index is 0.185. The van der Waals surface area contributed by atoms with Gasteiger partial charge in [0.05, 0.1) is 0 Å². The number of carboxylic acid groups (broad SMARTS) is 1. The summed E-state index contributed by atoms with van der Waals surface area (Å²) >= 11 is 0. The van der Waals surface area contributed by atoms with Crippen molar-refractivity contribution in [2.75, 3.05) is 13.1 Å². The van der Waals surface area contributed by atoms with E-state index in [2.05, 4.69) is 16.0 Å². The zero-order valence-corrected chi connectivity index (χ0v) is 9.28. The second-order valence-corrected chi connectivity index (χ2v) is 3.91. The number of urea groups is 2. The number of hydrogen-bond acceptors (Lipinski definition) is 3. The lowest BCUT2D eigenvalue weighted by molar-refractivity contribution is -0.148. The van der Waals surface area contributed by atoms with E-state index < -0.39 is 23.6 Å². The van der Waals surface area contributed by atoms with Crippen LogP contribution in [0.2, 0.25) is 0 Å². The summed E-state index contributed by atoms with van der Waals surface area (Å²) in [5, 5.41) is 16.1. The van der Waals surface area contributed by atoms with Gasteiger partial charge in [-0.25, -0.2) is 14.4 Å². The molecule has 17 heavy (non-hydrogen) atoms. The van der Waals surface area contributed by atoms with Crippen LogP contribution in [0.25, 0.3) is 0 Å². The lowest BCUT2D eigenvalue weighted by Gasteiger charge is -2.38. The van der Waals surface area contributed by atoms with Crippen molar-refractivity contribution in [3.05, 3.63) is 0 Å². The summed E-state index contributed by atoms with van der Waals surface area (Å²) in [6, 6.07) is -1.23. The first-order chi connectivity index (χ1) is 7.96. The fourth-order valence-electron chi connectivity index (χ4n) is 1.55. The van der Waals surface area contributed by atoms with Crippen molar-refractivity contribution >= 4 is 18.0 Å². The van der Waals surface area contributed by atoms with Crippen LogP contribution in [0.1, 0.15) is 19.3 Å². The summed E-state index contributed by atoms with van der Waals surface area (Å²) in [6.07, 6.45) is 1.67. The van der Waals surface area contributed by atoms with Gasteiger partial charge in [0.2, 0.25) is 0 Å². The molecule has 0 atom stereocenters. The Kier molecular flexibility index (Phi) is 4.13. The van der Waals surface area contributed by atoms with Gasteiger partial charge in [-0.2, -0.15) is 0 Å². The van der Waals surface area contributed by atoms with E-state index >= 15 is 0 Å². The Morgan fingerprint density at radius 3 is 2.18 bits per heavy atom. The largest absolute Gasteiger partial charge is 0.480 e. The summed E-state index contributed by atoms with van der Waals surface area (Å²) < 4.78 is 0. The van der Waals surface area contributed by atoms with E-state index in [1.54, 1.807) is 0 Å². The van der Waals surface area contributed by atoms with Crippen LogP contribution in [-0.2, 0) is 4.79 Å². The number of aliphatic carboxylic acids is 1. The highest BCUT2D eigenvalue weighted by molar-refractivity contribution is 5.87. The molecule has 1 aliphatic carbocycles. The fourth-order valence-corrected chi connectivity index (χ4v) is 1.55. The molecule has 1 fully saturated rings. The minimum atomic E-state index is -1.12. The molecule has 0 bridgehead atoms. The van der Waals surface area contributed by atoms with Gasteiger partial charge in [-0.3, -0.25) is 0 Å². The van der Waals surface area contributed by atoms with Crippen LogP contribution in [0.3, 0.4) is 0 Å². The molecule has 0 aromatic carbocycles. The molecule has 8 heteroatoms. The molecule has 0 aromatic heterocycles. The van der Waals surface area contributed by atoms with Gasteiger partial charge in [-0.15, -0.1) is 0 Å². The van der Waals surface area contributed by atoms with Crippen LogP contribution >= 0.6 is 0 Å². The van der Waals surface area contributed by atoms with Gasteiger partial charge in [0.1, 0.15) is 5.54 Å². The highest BCUT2D eigenvalue weighted by atomic mass is 16.4. The second-order valence-electron chi connectivity index (χ2n) is 3.91. The zero-order chi connectivity index (χ0) is 12.9. The first-order valence-electron chi connectivity index (χ1n) is 5.29. The van der Waals surface area contributed by atoms with Gasteiger partial charge in [-0.1, -0.05) is 0 Å². The number of carbonyl (C=O) groups excluding carboxylic acids is 2. The van der Waals surface area contributed by atoms with Crippen LogP contribution < -0.4 is 21.7 Å². The SMILES string of the molecule is NC(=O)NCCNC(=O)NC1(C(=O)O)CCC1. The van der Waals surface area contributed by atoms with E-state index in [1.807, 2.05) is 0 Å². The van der Waals surface area contributed by atoms with Gasteiger partial charge >= 0.3 is 18.0 Å². The molecule has 0 radical (unpaired) electrons. The average molecular weight is 244 g/mol. The Bertz CT molecular complexity index is 327. The maximum absolute atomic E-state index is 11.4. The first-order valence-corrected chi connectivity index (χ1v) is 5.29. The minimum Gasteiger partial charge on any atom is -0.480 e. The quantitative estimate of drug-likeness (QED) is 0.395. The number of rotatable bonds is 5. The topological polar surface area (TPSA) is 134 Å². The third-order valence-electron chi connectivity index (χ3n) is 2.68. The van der Waals surface area contributed by atoms with Crippen LogP contribution in [0, 0.1) is 0 Å². The summed E-state index contributed by atoms with van der Waals surface area (Å²) in [4.78, 5) is 32.6. The molecule has 0 heterocycles. The highest BCUT2D eigenvalue weighted by Gasteiger charge is 2.45. The van der Waals surface area contributed by atoms with Crippen molar-refractivity contribution in [3.8, 4) is 0 Å². The van der Waals surface area contributed by atoms with Gasteiger partial charge < -0.3 is 26.8 Å². The normalized spacial score (nSPS) is 16.5. The van der Waals surface area contributed by atoms with Gasteiger partial charge in [0, 0.05) is 13.1 Å². The van der Waals surface area contributed by atoms with E-state index in [0.717, 1.165) is 6.42 Å². The van der Waals surface area contributed by atoms with E-state index in [-0.39, 0.29) is 13.1 Å². The summed E-state index contributed by atoms with van der Waals surface area (Å²) in [5.41, 5.74) is 3.70. The number of carbonyl (C=O) groups is 3. The molecule has 8 nitrogen and oxygen atoms in total. The molecule has 96 valence electrons. The van der Waals surface area contributed by atoms with Crippen molar-refractivity contribution in [2.24, 2.45) is 5.73 Å². The third kappa shape index (κ3) is 3.51. The van der Waals surface area contributed by atoms with E-state index in [9.17, 15) is 14.4 Å². The Balaban J connectivity index is 2.25. The number of hydrogen-bond donors (Lipinski definition) is 5. The lowest BCUT2D eigenvalue weighted by atomic mass is 9.77. The second kappa shape index (κ2) is 5.37. The third-order valence-corrected chi connectivity index (χ3v) is 2.68. The van der Waals surface area contributed by atoms with E-state index in [0.29, 0.717) is 12.8 Å². The zero-order valence-electron chi connectivity index (χ0n) is 9.28. The molecule has 4 amide bonds. The van der Waals surface area contributed by atoms with Crippen LogP contribution in [0.4, 0.5) is 9.59 Å². The molecule has 1 rings (SSSR count). The van der Waals surface area contributed by atoms with Gasteiger partial charge in [0.25, 0.3) is 0 Å². The Labute approximate surface area is 97.9 Å². The monoisotopic (exact) mass is 244 g/mol. The molecule has 0 aromatic rings. The number of amides is 4. The highest BCUT2D eigenvalue weighted by Crippen LogP contribution is 2.31. The predicted molar refractivity (Wildman–Crippen MR) is 58.3 cm³/mol. The van der Waals surface area contributed by atoms with E-state index in [4.69, 9.17) is 10.8 Å². The molecule has 1 aliphatic rings. The van der Waals surface area contributed by atoms with Crippen molar-refractivity contribution in [1.82, 2.24) is 16.0 Å². The molecule has 0 aliphatic heterocycles. The number of primary amides is 1. The van der Waals surface area contributed by atoms with Crippen molar-refractivity contribution in [3.63, 3.8) is 0 Å². The first kappa shape index (κ1) is 13.1. The summed E-state index contributed by atoms with van der Waals surface area (Å²) in [5.74, 6) is -1.02. The standard InChI is InChI=1S/C9H16N4O4/c10-7(16)11-4-5-12-8(17)13-9(6(14)15)2-1-3-9/h1-5H2,(H,14,15)(H3,10,11,16)(H2,12,13,17). The van der Waals surface area contributed by atoms with Crippen molar-refractivity contribution in [1.29, 1.82) is 0 Å². The number of nitrogens with two attached hydrogens (primary N) is 1. The smallest absolute Gasteiger partial charge is 0.329 e. The molecular formula is C9H16N4O4. The molecule has 0 spiro atoms. The van der Waals surface area contributed by atoms with Crippen LogP contribution in [0.15, 0.2) is 0 Å². The fraction of sp³-hybridized carbons (Fsp3) is 0.667. The maximum atomic E-state index is 11.4. The van der Waals surface area contributed by atoms with Crippen molar-refractivity contribution in [2.45, 2.75) is 24.8 Å². The molecule has 0 unspecified atom stereocenters. The Morgan fingerprint density at radius 1 is 1.18 bits per heavy atom. The Morgan fingerprint density at radius 2 is 1.76 bits per heavy atom. The molecule has 0 saturated heterocycles. The molecular weight excluding hydrogens is 228 g/mol. The average Bonchev–Trinajstić information content (AvgIpc) is 2.17. The molecule has 6 N–H and O–H groups in total.